The third-order valence-electron chi connectivity index (χ3n) is 4.51. The summed E-state index contributed by atoms with van der Waals surface area (Å²) in [5, 5.41) is 10.3. The largest absolute Gasteiger partial charge is 0.448 e. The molecule has 32 heavy (non-hydrogen) atoms. The Bertz CT molecular complexity index is 1260. The number of fused-ring (bicyclic) bond motifs is 1. The van der Waals surface area contributed by atoms with E-state index in [0.29, 0.717) is 13.2 Å². The second kappa shape index (κ2) is 10.3. The number of carbonyl (C=O) groups excluding carboxylic acids is 1. The number of amides is 1. The fourth-order valence-corrected chi connectivity index (χ4v) is 4.52. The number of hydrogen-bond donors (Lipinski definition) is 2. The minimum Gasteiger partial charge on any atom is -0.448 e. The Morgan fingerprint density at radius 3 is 2.91 bits per heavy atom. The number of nitrogens with zero attached hydrogens (tertiary/aromatic N) is 4. The lowest BCUT2D eigenvalue weighted by Crippen LogP contribution is -2.03. The van der Waals surface area contributed by atoms with Crippen molar-refractivity contribution in [1.82, 2.24) is 15.0 Å². The average Bonchev–Trinajstić information content (AvgIpc) is 3.31. The molecule has 1 atom stereocenters. The topological polar surface area (TPSA) is 101 Å². The monoisotopic (exact) mass is 466 g/mol. The molecule has 10 heteroatoms. The first-order chi connectivity index (χ1) is 15.6. The van der Waals surface area contributed by atoms with Gasteiger partial charge in [0.2, 0.25) is 0 Å². The minimum atomic E-state index is -0.564. The van der Waals surface area contributed by atoms with Crippen LogP contribution in [-0.2, 0) is 22.0 Å². The molecule has 0 aliphatic carbocycles. The molecular weight excluding hydrogens is 444 g/mol. The highest BCUT2D eigenvalue weighted by Gasteiger charge is 2.07. The molecule has 4 rings (SSSR count). The summed E-state index contributed by atoms with van der Waals surface area (Å²) in [7, 11) is -0.564. The molecule has 0 bridgehead atoms. The number of aromatic nitrogens is 3. The van der Waals surface area contributed by atoms with Gasteiger partial charge in [0.25, 0.3) is 0 Å². The first-order valence-corrected chi connectivity index (χ1v) is 12.4. The van der Waals surface area contributed by atoms with Gasteiger partial charge >= 0.3 is 6.09 Å². The molecule has 0 aliphatic heterocycles. The maximum Gasteiger partial charge on any atom is 0.439 e. The lowest BCUT2D eigenvalue weighted by Gasteiger charge is -2.10. The summed E-state index contributed by atoms with van der Waals surface area (Å²) in [5.41, 5.74) is 2.88. The third-order valence-corrected chi connectivity index (χ3v) is 6.56. The number of ether oxygens (including phenoxy) is 1. The smallest absolute Gasteiger partial charge is 0.439 e. The SMILES string of the molecule is CCOC(=O)/N=S(\C)c1cccc(CNc2ccc3c(Nc4nccs4)ncnc3c2)c1. The summed E-state index contributed by atoms with van der Waals surface area (Å²) >= 11 is 1.52. The van der Waals surface area contributed by atoms with Gasteiger partial charge < -0.3 is 15.4 Å². The van der Waals surface area contributed by atoms with Crippen LogP contribution in [0.25, 0.3) is 10.9 Å². The minimum absolute atomic E-state index is 0.322. The lowest BCUT2D eigenvalue weighted by molar-refractivity contribution is 0.164. The van der Waals surface area contributed by atoms with Gasteiger partial charge in [-0.1, -0.05) is 22.8 Å². The second-order valence-corrected chi connectivity index (χ2v) is 9.19. The van der Waals surface area contributed by atoms with Crippen LogP contribution in [0.3, 0.4) is 0 Å². The summed E-state index contributed by atoms with van der Waals surface area (Å²) in [6, 6.07) is 14.0. The highest BCUT2D eigenvalue weighted by Crippen LogP contribution is 2.26. The van der Waals surface area contributed by atoms with Crippen LogP contribution >= 0.6 is 11.3 Å². The number of rotatable bonds is 7. The molecular formula is C22H22N6O2S2. The zero-order valence-electron chi connectivity index (χ0n) is 17.6. The van der Waals surface area contributed by atoms with Gasteiger partial charge in [0.05, 0.1) is 12.1 Å². The Labute approximate surface area is 192 Å². The number of nitrogens with one attached hydrogen (secondary N) is 2. The molecule has 164 valence electrons. The van der Waals surface area contributed by atoms with E-state index in [9.17, 15) is 4.79 Å². The van der Waals surface area contributed by atoms with Crippen LogP contribution < -0.4 is 10.6 Å². The number of carbonyl (C=O) groups is 1. The van der Waals surface area contributed by atoms with Gasteiger partial charge in [-0.15, -0.1) is 15.7 Å². The number of hydrogen-bond acceptors (Lipinski definition) is 8. The van der Waals surface area contributed by atoms with Gasteiger partial charge in [0.15, 0.2) is 5.13 Å². The highest BCUT2D eigenvalue weighted by atomic mass is 32.2. The van der Waals surface area contributed by atoms with Gasteiger partial charge in [-0.05, 0) is 49.1 Å². The van der Waals surface area contributed by atoms with E-state index in [1.165, 1.54) is 11.3 Å². The van der Waals surface area contributed by atoms with Crippen LogP contribution in [0.5, 0.6) is 0 Å². The standard InChI is InChI=1S/C22H22N6O2S2/c1-3-30-22(29)28-32(2)17-6-4-5-15(11-17)13-24-16-7-8-18-19(12-16)25-14-26-20(18)27-21-23-9-10-31-21/h4-12,14,24H,3,13H2,1-2H3,(H,23,25,26,27). The van der Waals surface area contributed by atoms with Gasteiger partial charge in [0.1, 0.15) is 12.1 Å². The molecule has 1 amide bonds. The van der Waals surface area contributed by atoms with Crippen LogP contribution in [0, 0.1) is 0 Å². The van der Waals surface area contributed by atoms with Gasteiger partial charge in [-0.2, -0.15) is 0 Å². The van der Waals surface area contributed by atoms with Crippen molar-refractivity contribution in [2.45, 2.75) is 18.4 Å². The van der Waals surface area contributed by atoms with Gasteiger partial charge in [-0.3, -0.25) is 0 Å². The molecule has 0 saturated heterocycles. The molecule has 2 heterocycles. The number of benzene rings is 2. The Kier molecular flexibility index (Phi) is 7.03. The Morgan fingerprint density at radius 2 is 2.09 bits per heavy atom. The number of thiazole rings is 1. The lowest BCUT2D eigenvalue weighted by atomic mass is 10.2. The normalized spacial score (nSPS) is 11.9. The van der Waals surface area contributed by atoms with Gasteiger partial charge in [-0.25, -0.2) is 19.7 Å². The van der Waals surface area contributed by atoms with E-state index >= 15 is 0 Å². The number of anilines is 3. The zero-order chi connectivity index (χ0) is 22.3. The molecule has 0 saturated carbocycles. The van der Waals surface area contributed by atoms with Crippen molar-refractivity contribution in [1.29, 1.82) is 0 Å². The maximum atomic E-state index is 11.6. The zero-order valence-corrected chi connectivity index (χ0v) is 19.2. The molecule has 0 radical (unpaired) electrons. The molecule has 0 fully saturated rings. The van der Waals surface area contributed by atoms with E-state index in [4.69, 9.17) is 4.74 Å². The Balaban J connectivity index is 1.47. The van der Waals surface area contributed by atoms with E-state index < -0.39 is 16.8 Å². The fourth-order valence-electron chi connectivity index (χ4n) is 3.01. The van der Waals surface area contributed by atoms with Crippen molar-refractivity contribution in [2.24, 2.45) is 4.36 Å². The molecule has 2 aromatic carbocycles. The molecule has 2 N–H and O–H groups in total. The van der Waals surface area contributed by atoms with E-state index in [0.717, 1.165) is 38.0 Å². The van der Waals surface area contributed by atoms with Crippen LogP contribution in [0.15, 0.2) is 69.6 Å². The van der Waals surface area contributed by atoms with Crippen LogP contribution in [-0.4, -0.2) is 33.9 Å². The maximum absolute atomic E-state index is 11.6. The molecule has 0 spiro atoms. The average molecular weight is 467 g/mol. The van der Waals surface area contributed by atoms with Crippen molar-refractivity contribution in [3.05, 3.63) is 65.9 Å². The van der Waals surface area contributed by atoms with E-state index in [-0.39, 0.29) is 0 Å². The van der Waals surface area contributed by atoms with Crippen molar-refractivity contribution < 1.29 is 9.53 Å². The van der Waals surface area contributed by atoms with Crippen molar-refractivity contribution in [2.75, 3.05) is 23.5 Å². The quantitative estimate of drug-likeness (QED) is 0.376. The first-order valence-electron chi connectivity index (χ1n) is 9.91. The van der Waals surface area contributed by atoms with Gasteiger partial charge in [0, 0.05) is 34.1 Å². The van der Waals surface area contributed by atoms with E-state index in [1.54, 1.807) is 19.4 Å². The molecule has 1 unspecified atom stereocenters. The summed E-state index contributed by atoms with van der Waals surface area (Å²) in [5.74, 6) is 0.726. The molecule has 2 aromatic heterocycles. The van der Waals surface area contributed by atoms with Crippen LogP contribution in [0.4, 0.5) is 21.4 Å². The fraction of sp³-hybridized carbons (Fsp3) is 0.182. The summed E-state index contributed by atoms with van der Waals surface area (Å²) in [4.78, 5) is 25.6. The van der Waals surface area contributed by atoms with Crippen LogP contribution in [0.1, 0.15) is 12.5 Å². The predicted octanol–water partition coefficient (Wildman–Crippen LogP) is 5.39. The van der Waals surface area contributed by atoms with E-state index in [1.807, 2.05) is 48.0 Å². The first kappa shape index (κ1) is 21.8. The molecule has 0 aliphatic rings. The van der Waals surface area contributed by atoms with Crippen molar-refractivity contribution in [3.63, 3.8) is 0 Å². The van der Waals surface area contributed by atoms with E-state index in [2.05, 4.69) is 36.0 Å². The second-order valence-electron chi connectivity index (χ2n) is 6.69. The van der Waals surface area contributed by atoms with Crippen LogP contribution in [0.2, 0.25) is 0 Å². The summed E-state index contributed by atoms with van der Waals surface area (Å²) < 4.78 is 9.00. The third kappa shape index (κ3) is 5.45. The van der Waals surface area contributed by atoms with Crippen molar-refractivity contribution in [3.8, 4) is 0 Å². The molecule has 8 nitrogen and oxygen atoms in total. The summed E-state index contributed by atoms with van der Waals surface area (Å²) in [6.45, 7) is 2.72. The summed E-state index contributed by atoms with van der Waals surface area (Å²) in [6.07, 6.45) is 4.67. The predicted molar refractivity (Wildman–Crippen MR) is 130 cm³/mol. The molecule has 4 aromatic rings. The Morgan fingerprint density at radius 1 is 1.19 bits per heavy atom. The highest BCUT2D eigenvalue weighted by molar-refractivity contribution is 7.86. The Hall–Kier alpha value is -3.37. The van der Waals surface area contributed by atoms with Crippen molar-refractivity contribution >= 4 is 55.7 Å².